The van der Waals surface area contributed by atoms with Crippen LogP contribution in [0.25, 0.3) is 21.7 Å². The summed E-state index contributed by atoms with van der Waals surface area (Å²) in [5.74, 6) is 0.582. The van der Waals surface area contributed by atoms with Crippen molar-refractivity contribution in [1.82, 2.24) is 15.0 Å². The summed E-state index contributed by atoms with van der Waals surface area (Å²) in [6.45, 7) is 0. The van der Waals surface area contributed by atoms with Crippen molar-refractivity contribution in [3.05, 3.63) is 34.6 Å². The summed E-state index contributed by atoms with van der Waals surface area (Å²) >= 11 is 1.69. The highest BCUT2D eigenvalue weighted by Gasteiger charge is 2.20. The van der Waals surface area contributed by atoms with E-state index >= 15 is 0 Å². The van der Waals surface area contributed by atoms with E-state index in [0.29, 0.717) is 17.3 Å². The number of anilines is 1. The minimum absolute atomic E-state index is 0.376. The molecule has 0 bridgehead atoms. The average Bonchev–Trinajstić information content (AvgIpc) is 2.86. The van der Waals surface area contributed by atoms with Crippen LogP contribution in [0.3, 0.4) is 0 Å². The maximum atomic E-state index is 13.0. The van der Waals surface area contributed by atoms with E-state index in [1.165, 1.54) is 35.5 Å². The topological polar surface area (TPSA) is 64.7 Å². The number of fused-ring (bicyclic) bond motifs is 3. The van der Waals surface area contributed by atoms with Gasteiger partial charge in [-0.25, -0.2) is 19.3 Å². The van der Waals surface area contributed by atoms with Crippen LogP contribution in [0.2, 0.25) is 0 Å². The number of rotatable bonds is 1. The third-order valence-corrected chi connectivity index (χ3v) is 4.98. The predicted molar refractivity (Wildman–Crippen MR) is 81.7 cm³/mol. The van der Waals surface area contributed by atoms with Gasteiger partial charge in [0.15, 0.2) is 5.82 Å². The van der Waals surface area contributed by atoms with E-state index in [9.17, 15) is 4.39 Å². The zero-order chi connectivity index (χ0) is 14.4. The molecule has 3 aromatic rings. The lowest BCUT2D eigenvalue weighted by Gasteiger charge is -2.10. The number of hydrogen-bond donors (Lipinski definition) is 1. The minimum atomic E-state index is -0.376. The van der Waals surface area contributed by atoms with Crippen molar-refractivity contribution in [2.45, 2.75) is 25.7 Å². The van der Waals surface area contributed by atoms with Crippen molar-refractivity contribution in [1.29, 1.82) is 0 Å². The maximum absolute atomic E-state index is 13.0. The second kappa shape index (κ2) is 4.73. The molecule has 3 aromatic heterocycles. The first-order chi connectivity index (χ1) is 10.2. The molecule has 0 fully saturated rings. The van der Waals surface area contributed by atoms with Crippen molar-refractivity contribution in [3.8, 4) is 11.5 Å². The zero-order valence-corrected chi connectivity index (χ0v) is 12.1. The molecular weight excluding hydrogens is 287 g/mol. The van der Waals surface area contributed by atoms with E-state index < -0.39 is 0 Å². The zero-order valence-electron chi connectivity index (χ0n) is 11.3. The number of aromatic nitrogens is 3. The molecule has 0 radical (unpaired) electrons. The van der Waals surface area contributed by atoms with Crippen LogP contribution in [0.1, 0.15) is 23.3 Å². The van der Waals surface area contributed by atoms with Crippen molar-refractivity contribution in [2.75, 3.05) is 5.73 Å². The first kappa shape index (κ1) is 12.6. The van der Waals surface area contributed by atoms with E-state index in [2.05, 4.69) is 15.0 Å². The summed E-state index contributed by atoms with van der Waals surface area (Å²) in [6, 6.07) is 2.93. The first-order valence-corrected chi connectivity index (χ1v) is 7.74. The molecule has 0 unspecified atom stereocenters. The van der Waals surface area contributed by atoms with Gasteiger partial charge in [0.2, 0.25) is 0 Å². The van der Waals surface area contributed by atoms with Crippen LogP contribution in [-0.4, -0.2) is 15.0 Å². The predicted octanol–water partition coefficient (Wildman–Crippen LogP) is 3.35. The fourth-order valence-corrected chi connectivity index (χ4v) is 4.08. The Morgan fingerprint density at radius 1 is 1.14 bits per heavy atom. The summed E-state index contributed by atoms with van der Waals surface area (Å²) in [5.41, 5.74) is 8.00. The number of nitrogens with zero attached hydrogens (tertiary/aromatic N) is 3. The molecular formula is C15H13FN4S. The number of aryl methyl sites for hydroxylation is 2. The van der Waals surface area contributed by atoms with Gasteiger partial charge in [-0.05, 0) is 43.4 Å². The maximum Gasteiger partial charge on any atom is 0.181 e. The Morgan fingerprint density at radius 3 is 2.81 bits per heavy atom. The Kier molecular flexibility index (Phi) is 2.85. The minimum Gasteiger partial charge on any atom is -0.383 e. The highest BCUT2D eigenvalue weighted by Crippen LogP contribution is 2.38. The molecule has 0 amide bonds. The van der Waals surface area contributed by atoms with E-state index in [1.807, 2.05) is 0 Å². The van der Waals surface area contributed by atoms with Crippen molar-refractivity contribution < 1.29 is 4.39 Å². The highest BCUT2D eigenvalue weighted by atomic mass is 32.1. The van der Waals surface area contributed by atoms with E-state index in [1.54, 1.807) is 17.4 Å². The van der Waals surface area contributed by atoms with Crippen LogP contribution in [0, 0.1) is 5.82 Å². The highest BCUT2D eigenvalue weighted by molar-refractivity contribution is 7.19. The summed E-state index contributed by atoms with van der Waals surface area (Å²) in [6.07, 6.45) is 5.73. The molecule has 0 atom stereocenters. The van der Waals surface area contributed by atoms with Gasteiger partial charge >= 0.3 is 0 Å². The second-order valence-electron chi connectivity index (χ2n) is 5.19. The molecule has 0 saturated heterocycles. The van der Waals surface area contributed by atoms with Gasteiger partial charge in [-0.3, -0.25) is 0 Å². The lowest BCUT2D eigenvalue weighted by atomic mass is 9.97. The van der Waals surface area contributed by atoms with Crippen molar-refractivity contribution in [3.63, 3.8) is 0 Å². The Morgan fingerprint density at radius 2 is 2.00 bits per heavy atom. The van der Waals surface area contributed by atoms with Crippen LogP contribution < -0.4 is 5.73 Å². The first-order valence-electron chi connectivity index (χ1n) is 6.92. The smallest absolute Gasteiger partial charge is 0.181 e. The van der Waals surface area contributed by atoms with Crippen molar-refractivity contribution >= 4 is 27.4 Å². The summed E-state index contributed by atoms with van der Waals surface area (Å²) in [4.78, 5) is 15.3. The van der Waals surface area contributed by atoms with Gasteiger partial charge in [-0.2, -0.15) is 0 Å². The van der Waals surface area contributed by atoms with Gasteiger partial charge in [0, 0.05) is 4.88 Å². The van der Waals surface area contributed by atoms with Crippen LogP contribution in [0.5, 0.6) is 0 Å². The molecule has 4 rings (SSSR count). The molecule has 106 valence electrons. The number of hydrogen-bond acceptors (Lipinski definition) is 5. The van der Waals surface area contributed by atoms with Crippen LogP contribution in [0.15, 0.2) is 18.3 Å². The summed E-state index contributed by atoms with van der Waals surface area (Å²) in [5, 5.41) is 1.00. The van der Waals surface area contributed by atoms with Gasteiger partial charge in [-0.1, -0.05) is 0 Å². The lowest BCUT2D eigenvalue weighted by Crippen LogP contribution is -2.02. The molecule has 0 saturated carbocycles. The summed E-state index contributed by atoms with van der Waals surface area (Å²) in [7, 11) is 0. The fraction of sp³-hybridized carbons (Fsp3) is 0.267. The van der Waals surface area contributed by atoms with Crippen LogP contribution >= 0.6 is 11.3 Å². The van der Waals surface area contributed by atoms with Gasteiger partial charge < -0.3 is 5.73 Å². The van der Waals surface area contributed by atoms with E-state index in [0.717, 1.165) is 23.1 Å². The average molecular weight is 300 g/mol. The van der Waals surface area contributed by atoms with Crippen LogP contribution in [-0.2, 0) is 12.8 Å². The molecule has 6 heteroatoms. The van der Waals surface area contributed by atoms with Crippen LogP contribution in [0.4, 0.5) is 10.2 Å². The molecule has 4 nitrogen and oxygen atoms in total. The SMILES string of the molecule is Nc1nc(-c2ccc(F)cn2)nc2sc3c(c12)CCCC3. The Bertz CT molecular complexity index is 826. The monoisotopic (exact) mass is 300 g/mol. The Balaban J connectivity index is 1.91. The Hall–Kier alpha value is -2.08. The molecule has 0 spiro atoms. The second-order valence-corrected chi connectivity index (χ2v) is 6.27. The standard InChI is InChI=1S/C15H13FN4S/c16-8-5-6-10(18-7-8)14-19-13(17)12-9-3-1-2-4-11(9)21-15(12)20-14/h5-7H,1-4H2,(H2,17,19,20). The quantitative estimate of drug-likeness (QED) is 0.748. The number of nitrogens with two attached hydrogens (primary N) is 1. The normalized spacial score (nSPS) is 14.3. The molecule has 2 N–H and O–H groups in total. The molecule has 21 heavy (non-hydrogen) atoms. The van der Waals surface area contributed by atoms with Gasteiger partial charge in [-0.15, -0.1) is 11.3 Å². The third-order valence-electron chi connectivity index (χ3n) is 3.80. The van der Waals surface area contributed by atoms with Gasteiger partial charge in [0.1, 0.15) is 22.2 Å². The number of pyridine rings is 1. The van der Waals surface area contributed by atoms with Gasteiger partial charge in [0.25, 0.3) is 0 Å². The largest absolute Gasteiger partial charge is 0.383 e. The lowest BCUT2D eigenvalue weighted by molar-refractivity contribution is 0.621. The number of thiophene rings is 1. The molecule has 0 aliphatic heterocycles. The van der Waals surface area contributed by atoms with E-state index in [4.69, 9.17) is 5.73 Å². The van der Waals surface area contributed by atoms with E-state index in [-0.39, 0.29) is 5.82 Å². The molecule has 1 aliphatic carbocycles. The molecule has 0 aromatic carbocycles. The van der Waals surface area contributed by atoms with Crippen molar-refractivity contribution in [2.24, 2.45) is 0 Å². The molecule has 3 heterocycles. The Labute approximate surface area is 124 Å². The number of halogens is 1. The summed E-state index contributed by atoms with van der Waals surface area (Å²) < 4.78 is 13.0. The third kappa shape index (κ3) is 2.06. The fourth-order valence-electron chi connectivity index (χ4n) is 2.81. The molecule has 1 aliphatic rings. The number of nitrogen functional groups attached to an aromatic ring is 1. The van der Waals surface area contributed by atoms with Gasteiger partial charge in [0.05, 0.1) is 11.6 Å².